The Hall–Kier alpha value is -1.10. The summed E-state index contributed by atoms with van der Waals surface area (Å²) in [5, 5.41) is 2.96. The van der Waals surface area contributed by atoms with Crippen LogP contribution < -0.4 is 11.1 Å². The van der Waals surface area contributed by atoms with Crippen molar-refractivity contribution in [2.45, 2.75) is 26.3 Å². The Morgan fingerprint density at radius 3 is 2.79 bits per heavy atom. The van der Waals surface area contributed by atoms with Gasteiger partial charge in [0.2, 0.25) is 5.91 Å². The molecule has 1 amide bonds. The van der Waals surface area contributed by atoms with Crippen molar-refractivity contribution in [2.75, 3.05) is 25.0 Å². The lowest BCUT2D eigenvalue weighted by atomic mass is 10.1. The third kappa shape index (κ3) is 4.49. The van der Waals surface area contributed by atoms with E-state index in [9.17, 15) is 4.79 Å². The summed E-state index contributed by atoms with van der Waals surface area (Å²) in [7, 11) is 0. The largest absolute Gasteiger partial charge is 0.326 e. The minimum absolute atomic E-state index is 0. The van der Waals surface area contributed by atoms with Gasteiger partial charge in [-0.3, -0.25) is 9.69 Å². The van der Waals surface area contributed by atoms with Crippen molar-refractivity contribution in [3.05, 3.63) is 29.3 Å². The molecule has 106 valence electrons. The van der Waals surface area contributed by atoms with Gasteiger partial charge >= 0.3 is 0 Å². The molecule has 1 aliphatic heterocycles. The number of nitrogens with one attached hydrogen (secondary N) is 1. The molecular formula is C14H22ClN3O. The molecule has 5 heteroatoms. The molecule has 2 rings (SSSR count). The Labute approximate surface area is 120 Å². The van der Waals surface area contributed by atoms with E-state index in [-0.39, 0.29) is 24.4 Å². The first-order chi connectivity index (χ1) is 8.54. The summed E-state index contributed by atoms with van der Waals surface area (Å²) in [6, 6.07) is 6.26. The number of benzene rings is 1. The minimum atomic E-state index is 0. The number of likely N-dealkylation sites (tertiary alicyclic amines) is 1. The number of carbonyl (C=O) groups excluding carboxylic acids is 1. The normalized spacial score (nSPS) is 19.0. The third-order valence-electron chi connectivity index (χ3n) is 3.33. The van der Waals surface area contributed by atoms with Crippen molar-refractivity contribution in [1.82, 2.24) is 4.90 Å². The molecule has 1 saturated heterocycles. The highest BCUT2D eigenvalue weighted by molar-refractivity contribution is 5.93. The Kier molecular flexibility index (Phi) is 5.79. The Morgan fingerprint density at radius 2 is 2.21 bits per heavy atom. The molecule has 1 heterocycles. The number of halogens is 1. The smallest absolute Gasteiger partial charge is 0.238 e. The van der Waals surface area contributed by atoms with E-state index in [0.29, 0.717) is 6.54 Å². The Morgan fingerprint density at radius 1 is 1.47 bits per heavy atom. The van der Waals surface area contributed by atoms with E-state index in [1.807, 2.05) is 26.0 Å². The van der Waals surface area contributed by atoms with Crippen molar-refractivity contribution < 1.29 is 4.79 Å². The summed E-state index contributed by atoms with van der Waals surface area (Å²) >= 11 is 0. The number of anilines is 1. The number of nitrogens with zero attached hydrogens (tertiary/aromatic N) is 1. The van der Waals surface area contributed by atoms with Crippen LogP contribution >= 0.6 is 12.4 Å². The second-order valence-electron chi connectivity index (χ2n) is 5.15. The van der Waals surface area contributed by atoms with Gasteiger partial charge in [-0.15, -0.1) is 12.4 Å². The summed E-state index contributed by atoms with van der Waals surface area (Å²) in [5.74, 6) is 0.0380. The minimum Gasteiger partial charge on any atom is -0.326 e. The van der Waals surface area contributed by atoms with Crippen molar-refractivity contribution in [3.8, 4) is 0 Å². The zero-order chi connectivity index (χ0) is 13.1. The number of rotatable bonds is 3. The molecule has 0 aromatic heterocycles. The van der Waals surface area contributed by atoms with Crippen LogP contribution in [-0.4, -0.2) is 36.5 Å². The lowest BCUT2D eigenvalue weighted by Gasteiger charge is -2.15. The Bertz CT molecular complexity index is 450. The molecule has 19 heavy (non-hydrogen) atoms. The number of nitrogens with two attached hydrogens (primary N) is 1. The molecule has 0 bridgehead atoms. The maximum absolute atomic E-state index is 11.9. The maximum Gasteiger partial charge on any atom is 0.238 e. The molecule has 1 unspecified atom stereocenters. The first-order valence-electron chi connectivity index (χ1n) is 6.39. The maximum atomic E-state index is 11.9. The van der Waals surface area contributed by atoms with Crippen LogP contribution in [0.25, 0.3) is 0 Å². The van der Waals surface area contributed by atoms with Gasteiger partial charge in [0.05, 0.1) is 6.54 Å². The van der Waals surface area contributed by atoms with E-state index in [2.05, 4.69) is 16.3 Å². The fraction of sp³-hybridized carbons (Fsp3) is 0.500. The SMILES string of the molecule is Cc1ccc(NC(=O)CN2CCC(N)C2)c(C)c1.Cl. The van der Waals surface area contributed by atoms with Crippen molar-refractivity contribution in [3.63, 3.8) is 0 Å². The molecule has 4 nitrogen and oxygen atoms in total. The highest BCUT2D eigenvalue weighted by atomic mass is 35.5. The Balaban J connectivity index is 0.00000180. The van der Waals surface area contributed by atoms with E-state index in [0.717, 1.165) is 30.8 Å². The van der Waals surface area contributed by atoms with Crippen LogP contribution in [0, 0.1) is 13.8 Å². The van der Waals surface area contributed by atoms with Gasteiger partial charge < -0.3 is 11.1 Å². The van der Waals surface area contributed by atoms with E-state index in [1.54, 1.807) is 0 Å². The molecule has 0 aliphatic carbocycles. The van der Waals surface area contributed by atoms with Gasteiger partial charge in [0.25, 0.3) is 0 Å². The summed E-state index contributed by atoms with van der Waals surface area (Å²) in [6.45, 7) is 6.22. The van der Waals surface area contributed by atoms with E-state index in [4.69, 9.17) is 5.73 Å². The third-order valence-corrected chi connectivity index (χ3v) is 3.33. The van der Waals surface area contributed by atoms with Crippen LogP contribution in [0.5, 0.6) is 0 Å². The number of amides is 1. The molecule has 3 N–H and O–H groups in total. The van der Waals surface area contributed by atoms with Gasteiger partial charge in [0.1, 0.15) is 0 Å². The molecule has 1 atom stereocenters. The quantitative estimate of drug-likeness (QED) is 0.888. The molecule has 1 aromatic rings. The van der Waals surface area contributed by atoms with Gasteiger partial charge in [-0.2, -0.15) is 0 Å². The first kappa shape index (κ1) is 16.0. The second kappa shape index (κ2) is 6.89. The van der Waals surface area contributed by atoms with Crippen molar-refractivity contribution >= 4 is 24.0 Å². The summed E-state index contributed by atoms with van der Waals surface area (Å²) in [6.07, 6.45) is 0.983. The number of aryl methyl sites for hydroxylation is 2. The van der Waals surface area contributed by atoms with Gasteiger partial charge in [0, 0.05) is 24.8 Å². The summed E-state index contributed by atoms with van der Waals surface area (Å²) in [5.41, 5.74) is 9.02. The van der Waals surface area contributed by atoms with Gasteiger partial charge in [-0.1, -0.05) is 17.7 Å². The highest BCUT2D eigenvalue weighted by Gasteiger charge is 2.21. The molecule has 1 fully saturated rings. The number of hydrogen-bond donors (Lipinski definition) is 2. The second-order valence-corrected chi connectivity index (χ2v) is 5.15. The lowest BCUT2D eigenvalue weighted by molar-refractivity contribution is -0.117. The van der Waals surface area contributed by atoms with Gasteiger partial charge in [-0.05, 0) is 31.9 Å². The first-order valence-corrected chi connectivity index (χ1v) is 6.39. The average molecular weight is 284 g/mol. The van der Waals surface area contributed by atoms with Crippen LogP contribution in [0.15, 0.2) is 18.2 Å². The zero-order valence-electron chi connectivity index (χ0n) is 11.5. The monoisotopic (exact) mass is 283 g/mol. The summed E-state index contributed by atoms with van der Waals surface area (Å²) < 4.78 is 0. The molecular weight excluding hydrogens is 262 g/mol. The number of carbonyl (C=O) groups is 1. The molecule has 1 aliphatic rings. The predicted molar refractivity (Wildman–Crippen MR) is 80.8 cm³/mol. The van der Waals surface area contributed by atoms with Crippen LogP contribution in [0.1, 0.15) is 17.5 Å². The van der Waals surface area contributed by atoms with Crippen LogP contribution in [0.2, 0.25) is 0 Å². The van der Waals surface area contributed by atoms with Crippen LogP contribution in [0.4, 0.5) is 5.69 Å². The standard InChI is InChI=1S/C14H21N3O.ClH/c1-10-3-4-13(11(2)7-10)16-14(18)9-17-6-5-12(15)8-17;/h3-4,7,12H,5-6,8-9,15H2,1-2H3,(H,16,18);1H. The highest BCUT2D eigenvalue weighted by Crippen LogP contribution is 2.16. The predicted octanol–water partition coefficient (Wildman–Crippen LogP) is 1.70. The molecule has 0 radical (unpaired) electrons. The van der Waals surface area contributed by atoms with Crippen LogP contribution in [0.3, 0.4) is 0 Å². The number of hydrogen-bond acceptors (Lipinski definition) is 3. The summed E-state index contributed by atoms with van der Waals surface area (Å²) in [4.78, 5) is 14.0. The molecule has 0 saturated carbocycles. The molecule has 0 spiro atoms. The lowest BCUT2D eigenvalue weighted by Crippen LogP contribution is -2.33. The van der Waals surface area contributed by atoms with Gasteiger partial charge in [-0.25, -0.2) is 0 Å². The topological polar surface area (TPSA) is 58.4 Å². The zero-order valence-corrected chi connectivity index (χ0v) is 12.3. The van der Waals surface area contributed by atoms with Crippen molar-refractivity contribution in [1.29, 1.82) is 0 Å². The van der Waals surface area contributed by atoms with Crippen LogP contribution in [-0.2, 0) is 4.79 Å². The van der Waals surface area contributed by atoms with E-state index in [1.165, 1.54) is 5.56 Å². The average Bonchev–Trinajstić information content (AvgIpc) is 2.68. The van der Waals surface area contributed by atoms with E-state index >= 15 is 0 Å². The fourth-order valence-electron chi connectivity index (χ4n) is 2.35. The van der Waals surface area contributed by atoms with Gasteiger partial charge in [0.15, 0.2) is 0 Å². The van der Waals surface area contributed by atoms with Crippen molar-refractivity contribution in [2.24, 2.45) is 5.73 Å². The fourth-order valence-corrected chi connectivity index (χ4v) is 2.35. The molecule has 1 aromatic carbocycles. The van der Waals surface area contributed by atoms with E-state index < -0.39 is 0 Å².